The second-order valence-corrected chi connectivity index (χ2v) is 7.67. The number of pyridine rings is 1. The lowest BCUT2D eigenvalue weighted by Crippen LogP contribution is -2.41. The van der Waals surface area contributed by atoms with Crippen LogP contribution in [0.5, 0.6) is 0 Å². The second kappa shape index (κ2) is 5.97. The summed E-state index contributed by atoms with van der Waals surface area (Å²) in [6.45, 7) is 8.27. The molecule has 1 saturated heterocycles. The van der Waals surface area contributed by atoms with Crippen LogP contribution in [0.3, 0.4) is 0 Å². The Morgan fingerprint density at radius 3 is 2.00 bits per heavy atom. The standard InChI is InChI=1S/C18H22BNO2S/c1-17(2)18(3,4)22-19(21-17)14-8-6-13(7-9-14)16-11-10-15(23-5)12-20-16/h6-12H,1-5H3. The number of hydrogen-bond donors (Lipinski definition) is 0. The molecule has 1 aromatic carbocycles. The first-order chi connectivity index (χ1) is 10.8. The maximum Gasteiger partial charge on any atom is 0.494 e. The van der Waals surface area contributed by atoms with E-state index in [9.17, 15) is 0 Å². The first kappa shape index (κ1) is 16.6. The minimum atomic E-state index is -0.319. The van der Waals surface area contributed by atoms with E-state index in [1.165, 1.54) is 4.90 Å². The van der Waals surface area contributed by atoms with Crippen LogP contribution in [0, 0.1) is 0 Å². The van der Waals surface area contributed by atoms with Crippen LogP contribution < -0.4 is 5.46 Å². The molecular weight excluding hydrogens is 305 g/mol. The van der Waals surface area contributed by atoms with E-state index in [0.29, 0.717) is 0 Å². The highest BCUT2D eigenvalue weighted by molar-refractivity contribution is 7.98. The summed E-state index contributed by atoms with van der Waals surface area (Å²) >= 11 is 1.70. The van der Waals surface area contributed by atoms with Crippen molar-refractivity contribution in [3.63, 3.8) is 0 Å². The van der Waals surface area contributed by atoms with Crippen molar-refractivity contribution in [3.05, 3.63) is 42.6 Å². The van der Waals surface area contributed by atoms with Crippen molar-refractivity contribution in [2.45, 2.75) is 43.8 Å². The summed E-state index contributed by atoms with van der Waals surface area (Å²) in [4.78, 5) is 5.68. The van der Waals surface area contributed by atoms with Crippen LogP contribution in [0.25, 0.3) is 11.3 Å². The number of aromatic nitrogens is 1. The predicted octanol–water partition coefficient (Wildman–Crippen LogP) is 3.77. The summed E-state index contributed by atoms with van der Waals surface area (Å²) in [5, 5.41) is 0. The second-order valence-electron chi connectivity index (χ2n) is 6.79. The Balaban J connectivity index is 1.80. The van der Waals surface area contributed by atoms with Crippen LogP contribution in [0.15, 0.2) is 47.5 Å². The van der Waals surface area contributed by atoms with E-state index in [4.69, 9.17) is 9.31 Å². The molecule has 1 aliphatic heterocycles. The van der Waals surface area contributed by atoms with Gasteiger partial charge < -0.3 is 9.31 Å². The zero-order valence-corrected chi connectivity index (χ0v) is 15.1. The first-order valence-corrected chi connectivity index (χ1v) is 9.01. The van der Waals surface area contributed by atoms with Crippen LogP contribution >= 0.6 is 11.8 Å². The van der Waals surface area contributed by atoms with Crippen molar-refractivity contribution in [2.75, 3.05) is 6.26 Å². The summed E-state index contributed by atoms with van der Waals surface area (Å²) in [7, 11) is -0.319. The lowest BCUT2D eigenvalue weighted by atomic mass is 9.79. The number of hydrogen-bond acceptors (Lipinski definition) is 4. The lowest BCUT2D eigenvalue weighted by Gasteiger charge is -2.32. The maximum atomic E-state index is 6.09. The molecule has 5 heteroatoms. The van der Waals surface area contributed by atoms with Gasteiger partial charge in [0.25, 0.3) is 0 Å². The average Bonchev–Trinajstić information content (AvgIpc) is 2.76. The highest BCUT2D eigenvalue weighted by Crippen LogP contribution is 2.36. The minimum Gasteiger partial charge on any atom is -0.399 e. The molecule has 2 heterocycles. The summed E-state index contributed by atoms with van der Waals surface area (Å²) in [5.74, 6) is 0. The largest absolute Gasteiger partial charge is 0.494 e. The Hall–Kier alpha value is -1.30. The van der Waals surface area contributed by atoms with E-state index in [1.54, 1.807) is 11.8 Å². The SMILES string of the molecule is CSc1ccc(-c2ccc(B3OC(C)(C)C(C)(C)O3)cc2)nc1. The molecule has 0 amide bonds. The van der Waals surface area contributed by atoms with Crippen molar-refractivity contribution in [1.29, 1.82) is 0 Å². The zero-order valence-electron chi connectivity index (χ0n) is 14.3. The molecule has 0 spiro atoms. The third-order valence-corrected chi connectivity index (χ3v) is 5.42. The number of benzene rings is 1. The van der Waals surface area contributed by atoms with Gasteiger partial charge in [-0.25, -0.2) is 0 Å². The molecule has 0 aliphatic carbocycles. The highest BCUT2D eigenvalue weighted by Gasteiger charge is 2.51. The zero-order chi connectivity index (χ0) is 16.7. The van der Waals surface area contributed by atoms with Gasteiger partial charge in [0.2, 0.25) is 0 Å². The van der Waals surface area contributed by atoms with Crippen LogP contribution in [-0.4, -0.2) is 29.6 Å². The van der Waals surface area contributed by atoms with Crippen LogP contribution in [-0.2, 0) is 9.31 Å². The number of nitrogens with zero attached hydrogens (tertiary/aromatic N) is 1. The molecule has 0 saturated carbocycles. The molecule has 3 rings (SSSR count). The van der Waals surface area contributed by atoms with Gasteiger partial charge in [0.15, 0.2) is 0 Å². The summed E-state index contributed by atoms with van der Waals surface area (Å²) in [6, 6.07) is 12.4. The number of thioether (sulfide) groups is 1. The minimum absolute atomic E-state index is 0.314. The molecule has 0 radical (unpaired) electrons. The van der Waals surface area contributed by atoms with E-state index in [2.05, 4.69) is 75.3 Å². The molecule has 1 aliphatic rings. The molecule has 0 bridgehead atoms. The molecule has 0 N–H and O–H groups in total. The van der Waals surface area contributed by atoms with Crippen molar-refractivity contribution >= 4 is 24.3 Å². The van der Waals surface area contributed by atoms with Gasteiger partial charge in [-0.05, 0) is 51.5 Å². The average molecular weight is 327 g/mol. The van der Waals surface area contributed by atoms with Crippen molar-refractivity contribution in [2.24, 2.45) is 0 Å². The van der Waals surface area contributed by atoms with Gasteiger partial charge in [-0.1, -0.05) is 24.3 Å². The van der Waals surface area contributed by atoms with E-state index in [1.807, 2.05) is 6.20 Å². The quantitative estimate of drug-likeness (QED) is 0.634. The Bertz CT molecular complexity index is 667. The maximum absolute atomic E-state index is 6.09. The molecule has 0 unspecified atom stereocenters. The fraction of sp³-hybridized carbons (Fsp3) is 0.389. The van der Waals surface area contributed by atoms with Gasteiger partial charge >= 0.3 is 7.12 Å². The van der Waals surface area contributed by atoms with Crippen LogP contribution in [0.4, 0.5) is 0 Å². The van der Waals surface area contributed by atoms with Crippen LogP contribution in [0.2, 0.25) is 0 Å². The predicted molar refractivity (Wildman–Crippen MR) is 97.2 cm³/mol. The monoisotopic (exact) mass is 327 g/mol. The van der Waals surface area contributed by atoms with E-state index in [0.717, 1.165) is 16.7 Å². The summed E-state index contributed by atoms with van der Waals surface area (Å²) in [5.41, 5.74) is 2.48. The highest BCUT2D eigenvalue weighted by atomic mass is 32.2. The Morgan fingerprint density at radius 2 is 1.52 bits per heavy atom. The molecule has 120 valence electrons. The molecule has 3 nitrogen and oxygen atoms in total. The van der Waals surface area contributed by atoms with Crippen molar-refractivity contribution in [3.8, 4) is 11.3 Å². The normalized spacial score (nSPS) is 19.1. The Morgan fingerprint density at radius 1 is 0.913 bits per heavy atom. The van der Waals surface area contributed by atoms with Gasteiger partial charge in [-0.15, -0.1) is 11.8 Å². The van der Waals surface area contributed by atoms with Gasteiger partial charge in [0.1, 0.15) is 0 Å². The van der Waals surface area contributed by atoms with E-state index in [-0.39, 0.29) is 18.3 Å². The third kappa shape index (κ3) is 3.18. The summed E-state index contributed by atoms with van der Waals surface area (Å²) < 4.78 is 12.2. The van der Waals surface area contributed by atoms with Crippen LogP contribution in [0.1, 0.15) is 27.7 Å². The molecule has 2 aromatic rings. The number of rotatable bonds is 3. The Kier molecular flexibility index (Phi) is 4.30. The first-order valence-electron chi connectivity index (χ1n) is 7.78. The lowest BCUT2D eigenvalue weighted by molar-refractivity contribution is 0.00578. The van der Waals surface area contributed by atoms with Gasteiger partial charge in [0, 0.05) is 16.7 Å². The van der Waals surface area contributed by atoms with Gasteiger partial charge in [-0.2, -0.15) is 0 Å². The Labute approximate surface area is 142 Å². The van der Waals surface area contributed by atoms with Gasteiger partial charge in [-0.3, -0.25) is 4.98 Å². The third-order valence-electron chi connectivity index (χ3n) is 4.70. The smallest absolute Gasteiger partial charge is 0.399 e. The summed E-state index contributed by atoms with van der Waals surface area (Å²) in [6.07, 6.45) is 3.96. The van der Waals surface area contributed by atoms with Crippen molar-refractivity contribution < 1.29 is 9.31 Å². The molecule has 1 aromatic heterocycles. The fourth-order valence-corrected chi connectivity index (χ4v) is 2.82. The van der Waals surface area contributed by atoms with Gasteiger partial charge in [0.05, 0.1) is 16.9 Å². The van der Waals surface area contributed by atoms with E-state index >= 15 is 0 Å². The molecule has 1 fully saturated rings. The van der Waals surface area contributed by atoms with E-state index < -0.39 is 0 Å². The molecule has 23 heavy (non-hydrogen) atoms. The fourth-order valence-electron chi connectivity index (χ4n) is 2.46. The topological polar surface area (TPSA) is 31.4 Å². The molecular formula is C18H22BNO2S. The van der Waals surface area contributed by atoms with Crippen molar-refractivity contribution in [1.82, 2.24) is 4.98 Å². The molecule has 0 atom stereocenters.